The molecule has 3 rings (SSSR count). The van der Waals surface area contributed by atoms with E-state index in [9.17, 15) is 9.18 Å². The lowest BCUT2D eigenvalue weighted by molar-refractivity contribution is 0.108. The third-order valence-corrected chi connectivity index (χ3v) is 4.08. The van der Waals surface area contributed by atoms with E-state index in [1.54, 1.807) is 6.20 Å². The second-order valence-corrected chi connectivity index (χ2v) is 5.66. The van der Waals surface area contributed by atoms with E-state index in [0.717, 1.165) is 17.3 Å². The van der Waals surface area contributed by atoms with Gasteiger partial charge in [0.25, 0.3) is 0 Å². The fraction of sp³-hybridized carbons (Fsp3) is 0.0588. The van der Waals surface area contributed by atoms with E-state index in [1.807, 2.05) is 41.1 Å². The van der Waals surface area contributed by atoms with Crippen LogP contribution in [0, 0.1) is 5.82 Å². The molecule has 3 aromatic rings. The number of imidazole rings is 1. The molecular weight excluding hydrogens is 299 g/mol. The number of thioether (sulfide) groups is 1. The molecule has 0 radical (unpaired) electrons. The van der Waals surface area contributed by atoms with Crippen LogP contribution in [-0.4, -0.2) is 14.7 Å². The molecule has 1 heterocycles. The molecular formula is C17H13FN2OS. The van der Waals surface area contributed by atoms with Crippen LogP contribution in [0.3, 0.4) is 0 Å². The summed E-state index contributed by atoms with van der Waals surface area (Å²) < 4.78 is 14.8. The quantitative estimate of drug-likeness (QED) is 0.683. The van der Waals surface area contributed by atoms with Gasteiger partial charge in [-0.1, -0.05) is 30.3 Å². The Morgan fingerprint density at radius 1 is 1.09 bits per heavy atom. The molecule has 0 aliphatic carbocycles. The number of hydrogen-bond acceptors (Lipinski definition) is 3. The van der Waals surface area contributed by atoms with Gasteiger partial charge in [-0.15, -0.1) is 0 Å². The van der Waals surface area contributed by atoms with Crippen LogP contribution < -0.4 is 0 Å². The lowest BCUT2D eigenvalue weighted by Gasteiger charge is -2.07. The first-order valence-electron chi connectivity index (χ1n) is 6.75. The number of hydrogen-bond donors (Lipinski definition) is 0. The van der Waals surface area contributed by atoms with Gasteiger partial charge in [0.05, 0.1) is 0 Å². The van der Waals surface area contributed by atoms with Crippen LogP contribution in [0.1, 0.15) is 15.9 Å². The van der Waals surface area contributed by atoms with Crippen molar-refractivity contribution in [3.63, 3.8) is 0 Å². The van der Waals surface area contributed by atoms with E-state index in [1.165, 1.54) is 24.3 Å². The molecule has 0 aliphatic heterocycles. The first-order valence-corrected chi connectivity index (χ1v) is 7.57. The number of aromatic nitrogens is 2. The summed E-state index contributed by atoms with van der Waals surface area (Å²) in [6.45, 7) is 0.653. The zero-order valence-electron chi connectivity index (χ0n) is 11.6. The van der Waals surface area contributed by atoms with Crippen LogP contribution >= 0.6 is 11.8 Å². The van der Waals surface area contributed by atoms with Crippen molar-refractivity contribution in [2.75, 3.05) is 0 Å². The van der Waals surface area contributed by atoms with Crippen LogP contribution in [0.5, 0.6) is 0 Å². The molecule has 2 aromatic carbocycles. The minimum atomic E-state index is -0.355. The number of benzene rings is 2. The molecule has 0 atom stereocenters. The van der Waals surface area contributed by atoms with Gasteiger partial charge in [-0.05, 0) is 41.6 Å². The predicted octanol–water partition coefficient (Wildman–Crippen LogP) is 4.00. The third-order valence-electron chi connectivity index (χ3n) is 3.14. The fourth-order valence-corrected chi connectivity index (χ4v) is 2.80. The second-order valence-electron chi connectivity index (χ2n) is 4.72. The van der Waals surface area contributed by atoms with Crippen LogP contribution in [0.25, 0.3) is 0 Å². The van der Waals surface area contributed by atoms with E-state index in [-0.39, 0.29) is 10.9 Å². The van der Waals surface area contributed by atoms with E-state index < -0.39 is 0 Å². The lowest BCUT2D eigenvalue weighted by atomic mass is 10.2. The number of carbonyl (C=O) groups is 1. The highest BCUT2D eigenvalue weighted by molar-refractivity contribution is 8.14. The Balaban J connectivity index is 1.75. The zero-order valence-corrected chi connectivity index (χ0v) is 12.5. The van der Waals surface area contributed by atoms with Gasteiger partial charge in [0.2, 0.25) is 5.12 Å². The fourth-order valence-electron chi connectivity index (χ4n) is 2.03. The molecule has 0 saturated heterocycles. The van der Waals surface area contributed by atoms with Crippen molar-refractivity contribution in [1.82, 2.24) is 9.55 Å². The van der Waals surface area contributed by atoms with Gasteiger partial charge in [0.15, 0.2) is 5.16 Å². The van der Waals surface area contributed by atoms with E-state index >= 15 is 0 Å². The number of carbonyl (C=O) groups excluding carboxylic acids is 1. The van der Waals surface area contributed by atoms with Crippen molar-refractivity contribution in [2.45, 2.75) is 11.7 Å². The minimum Gasteiger partial charge on any atom is -0.321 e. The first kappa shape index (κ1) is 14.5. The summed E-state index contributed by atoms with van der Waals surface area (Å²) in [5.74, 6) is -0.355. The molecule has 0 aliphatic rings. The molecule has 0 bridgehead atoms. The molecule has 110 valence electrons. The first-order chi connectivity index (χ1) is 10.7. The summed E-state index contributed by atoms with van der Waals surface area (Å²) in [6.07, 6.45) is 3.51. The smallest absolute Gasteiger partial charge is 0.227 e. The third kappa shape index (κ3) is 3.43. The average Bonchev–Trinajstić information content (AvgIpc) is 2.96. The molecule has 0 N–H and O–H groups in total. The van der Waals surface area contributed by atoms with Crippen molar-refractivity contribution >= 4 is 16.9 Å². The monoisotopic (exact) mass is 312 g/mol. The predicted molar refractivity (Wildman–Crippen MR) is 84.4 cm³/mol. The SMILES string of the molecule is O=C(Sc1nccn1Cc1ccccc1)c1ccc(F)cc1. The lowest BCUT2D eigenvalue weighted by Crippen LogP contribution is -2.02. The summed E-state index contributed by atoms with van der Waals surface area (Å²) in [6, 6.07) is 15.5. The molecule has 0 amide bonds. The standard InChI is InChI=1S/C17H13FN2OS/c18-15-8-6-14(7-9-15)16(21)22-17-19-10-11-20(17)12-13-4-2-1-3-5-13/h1-11H,12H2. The van der Waals surface area contributed by atoms with Crippen LogP contribution in [0.2, 0.25) is 0 Å². The Kier molecular flexibility index (Phi) is 4.34. The van der Waals surface area contributed by atoms with E-state index in [4.69, 9.17) is 0 Å². The molecule has 0 fully saturated rings. The summed E-state index contributed by atoms with van der Waals surface area (Å²) in [5.41, 5.74) is 1.59. The number of rotatable bonds is 4. The zero-order chi connectivity index (χ0) is 15.4. The van der Waals surface area contributed by atoms with Gasteiger partial charge in [0.1, 0.15) is 5.82 Å². The van der Waals surface area contributed by atoms with Crippen molar-refractivity contribution in [1.29, 1.82) is 0 Å². The van der Waals surface area contributed by atoms with Crippen molar-refractivity contribution in [3.8, 4) is 0 Å². The summed E-state index contributed by atoms with van der Waals surface area (Å²) >= 11 is 1.05. The maximum Gasteiger partial charge on any atom is 0.227 e. The van der Waals surface area contributed by atoms with Gasteiger partial charge in [-0.2, -0.15) is 0 Å². The van der Waals surface area contributed by atoms with Gasteiger partial charge < -0.3 is 4.57 Å². The molecule has 0 unspecified atom stereocenters. The highest BCUT2D eigenvalue weighted by Gasteiger charge is 2.12. The summed E-state index contributed by atoms with van der Waals surface area (Å²) in [4.78, 5) is 16.4. The van der Waals surface area contributed by atoms with E-state index in [0.29, 0.717) is 17.3 Å². The Bertz CT molecular complexity index is 769. The normalized spacial score (nSPS) is 10.6. The van der Waals surface area contributed by atoms with Crippen LogP contribution in [0.4, 0.5) is 4.39 Å². The average molecular weight is 312 g/mol. The Hall–Kier alpha value is -2.40. The maximum atomic E-state index is 12.9. The topological polar surface area (TPSA) is 34.9 Å². The van der Waals surface area contributed by atoms with Gasteiger partial charge >= 0.3 is 0 Å². The Morgan fingerprint density at radius 3 is 2.55 bits per heavy atom. The second kappa shape index (κ2) is 6.58. The van der Waals surface area contributed by atoms with Crippen molar-refractivity contribution < 1.29 is 9.18 Å². The van der Waals surface area contributed by atoms with Gasteiger partial charge in [-0.25, -0.2) is 9.37 Å². The number of nitrogens with zero attached hydrogens (tertiary/aromatic N) is 2. The maximum absolute atomic E-state index is 12.9. The summed E-state index contributed by atoms with van der Waals surface area (Å²) in [5, 5.41) is 0.471. The van der Waals surface area contributed by atoms with Crippen molar-refractivity contribution in [3.05, 3.63) is 83.9 Å². The van der Waals surface area contributed by atoms with Gasteiger partial charge in [-0.3, -0.25) is 4.79 Å². The van der Waals surface area contributed by atoms with Crippen LogP contribution in [0.15, 0.2) is 72.1 Å². The highest BCUT2D eigenvalue weighted by Crippen LogP contribution is 2.22. The Labute approximate surface area is 131 Å². The van der Waals surface area contributed by atoms with Crippen LogP contribution in [-0.2, 0) is 6.54 Å². The molecule has 0 spiro atoms. The number of halogens is 1. The minimum absolute atomic E-state index is 0.152. The van der Waals surface area contributed by atoms with E-state index in [2.05, 4.69) is 4.98 Å². The Morgan fingerprint density at radius 2 is 1.82 bits per heavy atom. The largest absolute Gasteiger partial charge is 0.321 e. The van der Waals surface area contributed by atoms with Gasteiger partial charge in [0, 0.05) is 24.5 Å². The highest BCUT2D eigenvalue weighted by atomic mass is 32.2. The molecule has 3 nitrogen and oxygen atoms in total. The molecule has 5 heteroatoms. The molecule has 22 heavy (non-hydrogen) atoms. The molecule has 0 saturated carbocycles. The van der Waals surface area contributed by atoms with Crippen molar-refractivity contribution in [2.24, 2.45) is 0 Å². The molecule has 1 aromatic heterocycles. The summed E-state index contributed by atoms with van der Waals surface area (Å²) in [7, 11) is 0.